The van der Waals surface area contributed by atoms with Crippen LogP contribution in [0.3, 0.4) is 0 Å². The third-order valence-electron chi connectivity index (χ3n) is 4.95. The zero-order valence-electron chi connectivity index (χ0n) is 16.6. The molecule has 1 heterocycles. The van der Waals surface area contributed by atoms with Crippen LogP contribution in [0.25, 0.3) is 10.9 Å². The number of nitrogens with one attached hydrogen (secondary N) is 1. The predicted octanol–water partition coefficient (Wildman–Crippen LogP) is 4.93. The summed E-state index contributed by atoms with van der Waals surface area (Å²) in [6, 6.07) is 18.4. The fraction of sp³-hybridized carbons (Fsp3) is 0.0417. The van der Waals surface area contributed by atoms with Gasteiger partial charge >= 0.3 is 0 Å². The van der Waals surface area contributed by atoms with Crippen LogP contribution in [-0.4, -0.2) is 21.8 Å². The summed E-state index contributed by atoms with van der Waals surface area (Å²) in [6.45, 7) is 0.377. The van der Waals surface area contributed by atoms with E-state index in [4.69, 9.17) is 5.26 Å². The Hall–Kier alpha value is -3.96. The molecule has 0 aliphatic rings. The molecule has 0 atom stereocenters. The van der Waals surface area contributed by atoms with Gasteiger partial charge in [-0.15, -0.1) is 0 Å². The van der Waals surface area contributed by atoms with E-state index >= 15 is 0 Å². The lowest BCUT2D eigenvalue weighted by Crippen LogP contribution is -2.17. The number of benzene rings is 3. The fourth-order valence-corrected chi connectivity index (χ4v) is 3.66. The van der Waals surface area contributed by atoms with Crippen LogP contribution >= 0.6 is 15.9 Å². The van der Waals surface area contributed by atoms with Crippen molar-refractivity contribution >= 4 is 39.0 Å². The van der Waals surface area contributed by atoms with Gasteiger partial charge in [0, 0.05) is 38.3 Å². The van der Waals surface area contributed by atoms with E-state index in [9.17, 15) is 14.3 Å². The molecule has 158 valence electrons. The van der Waals surface area contributed by atoms with E-state index in [0.29, 0.717) is 16.6 Å². The number of carbonyl (C=O) groups is 1. The Morgan fingerprint density at radius 1 is 1.22 bits per heavy atom. The Bertz CT molecular complexity index is 1410. The van der Waals surface area contributed by atoms with Crippen LogP contribution < -0.4 is 5.43 Å². The number of aromatic nitrogens is 1. The highest BCUT2D eigenvalue weighted by atomic mass is 79.9. The maximum Gasteiger partial charge on any atom is 0.271 e. The smallest absolute Gasteiger partial charge is 0.271 e. The molecule has 0 aliphatic carbocycles. The molecule has 0 aliphatic heterocycles. The Morgan fingerprint density at radius 3 is 2.84 bits per heavy atom. The Kier molecular flexibility index (Phi) is 6.01. The molecule has 2 N–H and O–H groups in total. The molecule has 0 saturated carbocycles. The van der Waals surface area contributed by atoms with Gasteiger partial charge in [0.1, 0.15) is 17.6 Å². The van der Waals surface area contributed by atoms with Crippen molar-refractivity contribution in [1.82, 2.24) is 9.99 Å². The van der Waals surface area contributed by atoms with E-state index < -0.39 is 5.91 Å². The summed E-state index contributed by atoms with van der Waals surface area (Å²) < 4.78 is 16.9. The summed E-state index contributed by atoms with van der Waals surface area (Å²) in [5.41, 5.74) is 4.89. The minimum Gasteiger partial charge on any atom is -0.507 e. The summed E-state index contributed by atoms with van der Waals surface area (Å²) in [5, 5.41) is 23.5. The Balaban J connectivity index is 1.53. The number of phenols is 1. The van der Waals surface area contributed by atoms with Gasteiger partial charge in [-0.25, -0.2) is 9.82 Å². The number of nitrogens with zero attached hydrogens (tertiary/aromatic N) is 3. The lowest BCUT2D eigenvalue weighted by Gasteiger charge is -2.08. The lowest BCUT2D eigenvalue weighted by atomic mass is 10.1. The summed E-state index contributed by atoms with van der Waals surface area (Å²) in [6.07, 6.45) is 3.40. The minimum absolute atomic E-state index is 0.00921. The number of carbonyl (C=O) groups excluding carboxylic acids is 1. The number of amides is 1. The zero-order valence-corrected chi connectivity index (χ0v) is 18.2. The van der Waals surface area contributed by atoms with Crippen LogP contribution in [0.5, 0.6) is 5.75 Å². The van der Waals surface area contributed by atoms with Crippen molar-refractivity contribution < 1.29 is 14.3 Å². The van der Waals surface area contributed by atoms with E-state index in [1.54, 1.807) is 12.1 Å². The summed E-state index contributed by atoms with van der Waals surface area (Å²) >= 11 is 3.27. The van der Waals surface area contributed by atoms with Gasteiger partial charge in [-0.3, -0.25) is 4.79 Å². The molecule has 8 heteroatoms. The quantitative estimate of drug-likeness (QED) is 0.306. The molecule has 1 aromatic heterocycles. The maximum absolute atomic E-state index is 14.2. The number of aromatic hydroxyl groups is 1. The van der Waals surface area contributed by atoms with Gasteiger partial charge in [-0.1, -0.05) is 34.1 Å². The van der Waals surface area contributed by atoms with E-state index in [0.717, 1.165) is 16.5 Å². The highest BCUT2D eigenvalue weighted by molar-refractivity contribution is 9.10. The van der Waals surface area contributed by atoms with Crippen LogP contribution in [0.15, 0.2) is 76.4 Å². The van der Waals surface area contributed by atoms with Crippen LogP contribution in [0.2, 0.25) is 0 Å². The van der Waals surface area contributed by atoms with Crippen LogP contribution in [0, 0.1) is 17.1 Å². The van der Waals surface area contributed by atoms with E-state index in [-0.39, 0.29) is 22.7 Å². The monoisotopic (exact) mass is 490 g/mol. The molecule has 4 rings (SSSR count). The topological polar surface area (TPSA) is 90.4 Å². The fourth-order valence-electron chi connectivity index (χ4n) is 3.32. The zero-order chi connectivity index (χ0) is 22.7. The second-order valence-corrected chi connectivity index (χ2v) is 7.92. The van der Waals surface area contributed by atoms with Crippen molar-refractivity contribution in [2.45, 2.75) is 6.54 Å². The first-order valence-electron chi connectivity index (χ1n) is 9.54. The first kappa shape index (κ1) is 21.3. The standard InChI is InChI=1S/C24H16BrFN4O2/c25-19-6-4-17(21(26)11-19)14-30-9-8-20-16(2-1-3-22(20)30)13-28-29-24(32)15-5-7-23(31)18(10-15)12-27/h1-11,13,31H,14H2,(H,29,32). The number of hydrogen-bond acceptors (Lipinski definition) is 4. The Labute approximate surface area is 191 Å². The molecule has 0 bridgehead atoms. The van der Waals surface area contributed by atoms with Gasteiger partial charge in [0.05, 0.1) is 18.3 Å². The third-order valence-corrected chi connectivity index (χ3v) is 5.45. The van der Waals surface area contributed by atoms with Crippen molar-refractivity contribution in [3.63, 3.8) is 0 Å². The summed E-state index contributed by atoms with van der Waals surface area (Å²) in [5.74, 6) is -0.976. The number of rotatable bonds is 5. The van der Waals surface area contributed by atoms with Gasteiger partial charge in [0.15, 0.2) is 0 Å². The first-order chi connectivity index (χ1) is 15.5. The SMILES string of the molecule is N#Cc1cc(C(=O)NN=Cc2cccc3c2ccn3Cc2ccc(Br)cc2F)ccc1O. The second-order valence-electron chi connectivity index (χ2n) is 7.00. The number of fused-ring (bicyclic) bond motifs is 1. The highest BCUT2D eigenvalue weighted by Gasteiger charge is 2.10. The van der Waals surface area contributed by atoms with Crippen molar-refractivity contribution in [3.05, 3.63) is 99.4 Å². The third kappa shape index (κ3) is 4.38. The van der Waals surface area contributed by atoms with Crippen LogP contribution in [0.4, 0.5) is 4.39 Å². The van der Waals surface area contributed by atoms with Crippen molar-refractivity contribution in [3.8, 4) is 11.8 Å². The molecule has 0 fully saturated rings. The molecular weight excluding hydrogens is 475 g/mol. The molecule has 6 nitrogen and oxygen atoms in total. The van der Waals surface area contributed by atoms with Crippen LogP contribution in [-0.2, 0) is 6.54 Å². The molecule has 0 spiro atoms. The van der Waals surface area contributed by atoms with Gasteiger partial charge < -0.3 is 9.67 Å². The largest absolute Gasteiger partial charge is 0.507 e. The molecule has 4 aromatic rings. The van der Waals surface area contributed by atoms with Gasteiger partial charge in [-0.2, -0.15) is 10.4 Å². The number of nitriles is 1. The molecule has 0 saturated heterocycles. The first-order valence-corrected chi connectivity index (χ1v) is 10.3. The van der Waals surface area contributed by atoms with E-state index in [2.05, 4.69) is 26.5 Å². The Morgan fingerprint density at radius 2 is 2.06 bits per heavy atom. The average Bonchev–Trinajstić information content (AvgIpc) is 3.19. The normalized spacial score (nSPS) is 11.0. The maximum atomic E-state index is 14.2. The molecule has 0 radical (unpaired) electrons. The molecule has 32 heavy (non-hydrogen) atoms. The molecular formula is C24H16BrFN4O2. The average molecular weight is 491 g/mol. The molecule has 1 amide bonds. The van der Waals surface area contributed by atoms with E-state index in [1.807, 2.05) is 41.1 Å². The van der Waals surface area contributed by atoms with E-state index in [1.165, 1.54) is 30.5 Å². The number of hydrogen-bond donors (Lipinski definition) is 2. The second kappa shape index (κ2) is 9.04. The van der Waals surface area contributed by atoms with Gasteiger partial charge in [0.25, 0.3) is 5.91 Å². The number of phenolic OH excluding ortho intramolecular Hbond substituents is 1. The number of hydrazone groups is 1. The number of halogens is 2. The minimum atomic E-state index is -0.506. The van der Waals surface area contributed by atoms with Crippen LogP contribution in [0.1, 0.15) is 27.0 Å². The summed E-state index contributed by atoms with van der Waals surface area (Å²) in [4.78, 5) is 12.3. The lowest BCUT2D eigenvalue weighted by molar-refractivity contribution is 0.0955. The van der Waals surface area contributed by atoms with Crippen molar-refractivity contribution in [2.24, 2.45) is 5.10 Å². The van der Waals surface area contributed by atoms with Crippen molar-refractivity contribution in [1.29, 1.82) is 5.26 Å². The van der Waals surface area contributed by atoms with Gasteiger partial charge in [0.2, 0.25) is 0 Å². The predicted molar refractivity (Wildman–Crippen MR) is 123 cm³/mol. The molecule has 3 aromatic carbocycles. The van der Waals surface area contributed by atoms with Crippen molar-refractivity contribution in [2.75, 3.05) is 0 Å². The molecule has 0 unspecified atom stereocenters. The summed E-state index contributed by atoms with van der Waals surface area (Å²) in [7, 11) is 0. The highest BCUT2D eigenvalue weighted by Crippen LogP contribution is 2.22. The van der Waals surface area contributed by atoms with Gasteiger partial charge in [-0.05, 0) is 42.5 Å².